The van der Waals surface area contributed by atoms with Crippen LogP contribution in [0.4, 0.5) is 0 Å². The molecule has 0 aromatic heterocycles. The molecular weight excluding hydrogens is 416 g/mol. The quantitative estimate of drug-likeness (QED) is 0.408. The Kier molecular flexibility index (Phi) is 14.2. The summed E-state index contributed by atoms with van der Waals surface area (Å²) in [5, 5.41) is 17.0. The van der Waals surface area contributed by atoms with Gasteiger partial charge in [0.2, 0.25) is 29.5 Å². The molecule has 12 heteroatoms. The maximum atomic E-state index is 11.5. The highest BCUT2D eigenvalue weighted by atomic mass is 16.3. The standard InChI is InChI=1S/C11H15NO5.C7H11NO3.CO2/c13-7-6-8(14)2-1-3-9(15)12-10(16)4-5-11(12)17;9-5-1-4-8-6(10)2-3-7(8)11;2-1-3/h13H,1-7H2;9H,1-5H2;. The van der Waals surface area contributed by atoms with Crippen molar-refractivity contribution < 1.29 is 48.6 Å². The lowest BCUT2D eigenvalue weighted by Gasteiger charge is -2.11. The van der Waals surface area contributed by atoms with Crippen molar-refractivity contribution in [2.24, 2.45) is 0 Å². The molecule has 0 spiro atoms. The van der Waals surface area contributed by atoms with E-state index in [9.17, 15) is 28.8 Å². The fourth-order valence-corrected chi connectivity index (χ4v) is 2.75. The van der Waals surface area contributed by atoms with E-state index in [1.54, 1.807) is 0 Å². The SMILES string of the molecule is O=C(CCO)CCCC(=O)N1C(=O)CCC1=O.O=C1CCC(=O)N1CCCO.O=C=O. The van der Waals surface area contributed by atoms with Gasteiger partial charge in [-0.15, -0.1) is 0 Å². The highest BCUT2D eigenvalue weighted by Gasteiger charge is 2.33. The molecule has 0 saturated carbocycles. The van der Waals surface area contributed by atoms with Crippen molar-refractivity contribution in [3.63, 3.8) is 0 Å². The Morgan fingerprint density at radius 3 is 1.68 bits per heavy atom. The van der Waals surface area contributed by atoms with E-state index >= 15 is 0 Å². The van der Waals surface area contributed by atoms with E-state index in [1.165, 1.54) is 4.90 Å². The van der Waals surface area contributed by atoms with Crippen molar-refractivity contribution in [3.05, 3.63) is 0 Å². The van der Waals surface area contributed by atoms with Crippen LogP contribution in [0.25, 0.3) is 0 Å². The third-order valence-corrected chi connectivity index (χ3v) is 4.23. The fraction of sp³-hybridized carbons (Fsp3) is 0.632. The van der Waals surface area contributed by atoms with Crippen LogP contribution in [-0.2, 0) is 38.4 Å². The second-order valence-electron chi connectivity index (χ2n) is 6.48. The Morgan fingerprint density at radius 1 is 0.742 bits per heavy atom. The first-order valence-corrected chi connectivity index (χ1v) is 9.67. The Bertz CT molecular complexity index is 680. The van der Waals surface area contributed by atoms with Gasteiger partial charge in [-0.1, -0.05) is 0 Å². The summed E-state index contributed by atoms with van der Waals surface area (Å²) in [5.41, 5.74) is 0. The summed E-state index contributed by atoms with van der Waals surface area (Å²) in [6.45, 7) is 0.196. The topological polar surface area (TPSA) is 183 Å². The van der Waals surface area contributed by atoms with Crippen LogP contribution < -0.4 is 0 Å². The lowest BCUT2D eigenvalue weighted by Crippen LogP contribution is -2.35. The summed E-state index contributed by atoms with van der Waals surface area (Å²) in [6, 6.07) is 0. The molecule has 0 unspecified atom stereocenters. The molecule has 2 aliphatic heterocycles. The van der Waals surface area contributed by atoms with Crippen LogP contribution >= 0.6 is 0 Å². The number of carbonyl (C=O) groups is 6. The van der Waals surface area contributed by atoms with Crippen molar-refractivity contribution in [1.29, 1.82) is 0 Å². The Morgan fingerprint density at radius 2 is 1.23 bits per heavy atom. The van der Waals surface area contributed by atoms with Crippen LogP contribution in [0.5, 0.6) is 0 Å². The number of ketones is 1. The molecule has 0 aromatic rings. The first-order chi connectivity index (χ1) is 14.7. The minimum atomic E-state index is -0.533. The first-order valence-electron chi connectivity index (χ1n) is 9.67. The number of aliphatic hydroxyl groups is 2. The molecule has 0 aromatic carbocycles. The number of imide groups is 4. The molecule has 5 amide bonds. The highest BCUT2D eigenvalue weighted by molar-refractivity contribution is 6.15. The van der Waals surface area contributed by atoms with E-state index in [4.69, 9.17) is 19.8 Å². The zero-order valence-electron chi connectivity index (χ0n) is 17.0. The van der Waals surface area contributed by atoms with Gasteiger partial charge < -0.3 is 10.2 Å². The molecule has 2 rings (SSSR count). The number of carbonyl (C=O) groups excluding carboxylic acids is 8. The maximum absolute atomic E-state index is 11.5. The molecular formula is C19H26N2O10. The second kappa shape index (κ2) is 15.7. The number of rotatable bonds is 9. The van der Waals surface area contributed by atoms with E-state index in [2.05, 4.69) is 0 Å². The molecule has 2 N–H and O–H groups in total. The van der Waals surface area contributed by atoms with Crippen molar-refractivity contribution in [2.75, 3.05) is 19.8 Å². The van der Waals surface area contributed by atoms with Gasteiger partial charge in [-0.3, -0.25) is 33.7 Å². The van der Waals surface area contributed by atoms with Gasteiger partial charge in [0.15, 0.2) is 0 Å². The smallest absolute Gasteiger partial charge is 0.373 e. The summed E-state index contributed by atoms with van der Waals surface area (Å²) in [7, 11) is 0. The van der Waals surface area contributed by atoms with Crippen LogP contribution in [0, 0.1) is 0 Å². The summed E-state index contributed by atoms with van der Waals surface area (Å²) < 4.78 is 0. The summed E-state index contributed by atoms with van der Waals surface area (Å²) in [4.78, 5) is 85.0. The predicted molar refractivity (Wildman–Crippen MR) is 99.3 cm³/mol. The monoisotopic (exact) mass is 442 g/mol. The van der Waals surface area contributed by atoms with Crippen LogP contribution in [-0.4, -0.2) is 81.2 Å². The van der Waals surface area contributed by atoms with Crippen molar-refractivity contribution in [3.8, 4) is 0 Å². The van der Waals surface area contributed by atoms with Crippen LogP contribution in [0.15, 0.2) is 0 Å². The molecule has 2 aliphatic rings. The lowest BCUT2D eigenvalue weighted by atomic mass is 10.1. The number of aliphatic hydroxyl groups excluding tert-OH is 2. The molecule has 0 aliphatic carbocycles. The van der Waals surface area contributed by atoms with Gasteiger partial charge in [-0.05, 0) is 12.8 Å². The molecule has 2 fully saturated rings. The summed E-state index contributed by atoms with van der Waals surface area (Å²) >= 11 is 0. The zero-order valence-corrected chi connectivity index (χ0v) is 17.0. The van der Waals surface area contributed by atoms with Crippen molar-refractivity contribution >= 4 is 41.5 Å². The average Bonchev–Trinajstić information content (AvgIpc) is 3.22. The van der Waals surface area contributed by atoms with Crippen molar-refractivity contribution in [1.82, 2.24) is 9.80 Å². The van der Waals surface area contributed by atoms with Gasteiger partial charge in [0, 0.05) is 64.7 Å². The third kappa shape index (κ3) is 10.5. The number of amides is 5. The minimum absolute atomic E-state index is 0.00858. The van der Waals surface area contributed by atoms with Gasteiger partial charge in [-0.25, -0.2) is 4.90 Å². The zero-order chi connectivity index (χ0) is 23.8. The minimum Gasteiger partial charge on any atom is -0.396 e. The Balaban J connectivity index is 0.000000551. The average molecular weight is 442 g/mol. The first kappa shape index (κ1) is 27.9. The largest absolute Gasteiger partial charge is 0.396 e. The number of likely N-dealkylation sites (tertiary alicyclic amines) is 2. The van der Waals surface area contributed by atoms with Crippen molar-refractivity contribution in [2.45, 2.75) is 57.8 Å². The molecule has 2 heterocycles. The number of hydrogen-bond acceptors (Lipinski definition) is 10. The lowest BCUT2D eigenvalue weighted by molar-refractivity contribution is -0.192. The van der Waals surface area contributed by atoms with Crippen LogP contribution in [0.1, 0.15) is 57.8 Å². The third-order valence-electron chi connectivity index (χ3n) is 4.23. The van der Waals surface area contributed by atoms with Gasteiger partial charge in [0.05, 0.1) is 0 Å². The van der Waals surface area contributed by atoms with Gasteiger partial charge in [-0.2, -0.15) is 9.59 Å². The highest BCUT2D eigenvalue weighted by Crippen LogP contribution is 2.14. The molecule has 172 valence electrons. The Labute approximate surface area is 178 Å². The Hall–Kier alpha value is -3.08. The van der Waals surface area contributed by atoms with E-state index < -0.39 is 17.7 Å². The summed E-state index contributed by atoms with van der Waals surface area (Å²) in [6.07, 6.45) is 2.16. The summed E-state index contributed by atoms with van der Waals surface area (Å²) in [5.74, 6) is -1.79. The molecule has 0 atom stereocenters. The van der Waals surface area contributed by atoms with Crippen LogP contribution in [0.3, 0.4) is 0 Å². The number of Topliss-reactive ketones (excluding diaryl/α,β-unsaturated/α-hetero) is 1. The maximum Gasteiger partial charge on any atom is 0.373 e. The number of nitrogens with zero attached hydrogens (tertiary/aromatic N) is 2. The predicted octanol–water partition coefficient (Wildman–Crippen LogP) is -1.28. The molecule has 0 bridgehead atoms. The van der Waals surface area contributed by atoms with E-state index in [-0.39, 0.29) is 69.1 Å². The van der Waals surface area contributed by atoms with E-state index in [0.717, 1.165) is 0 Å². The van der Waals surface area contributed by atoms with E-state index in [0.29, 0.717) is 37.1 Å². The molecule has 0 radical (unpaired) electrons. The second-order valence-corrected chi connectivity index (χ2v) is 6.48. The van der Waals surface area contributed by atoms with Gasteiger partial charge >= 0.3 is 6.15 Å². The number of hydrogen-bond donors (Lipinski definition) is 2. The van der Waals surface area contributed by atoms with E-state index in [1.807, 2.05) is 0 Å². The van der Waals surface area contributed by atoms with Gasteiger partial charge in [0.25, 0.3) is 0 Å². The van der Waals surface area contributed by atoms with Gasteiger partial charge in [0.1, 0.15) is 5.78 Å². The molecule has 31 heavy (non-hydrogen) atoms. The van der Waals surface area contributed by atoms with Crippen LogP contribution in [0.2, 0.25) is 0 Å². The molecule has 12 nitrogen and oxygen atoms in total. The normalized spacial score (nSPS) is 15.2. The molecule has 2 saturated heterocycles. The fourth-order valence-electron chi connectivity index (χ4n) is 2.75.